The minimum absolute atomic E-state index is 0.0207. The van der Waals surface area contributed by atoms with E-state index in [1.807, 2.05) is 38.1 Å². The molecule has 73 heavy (non-hydrogen) atoms. The molecule has 2 fully saturated rings. The van der Waals surface area contributed by atoms with Crippen LogP contribution in [0.2, 0.25) is 0 Å². The first-order chi connectivity index (χ1) is 35.1. The summed E-state index contributed by atoms with van der Waals surface area (Å²) < 4.78 is 5.62. The van der Waals surface area contributed by atoms with E-state index >= 15 is 0 Å². The second-order valence-corrected chi connectivity index (χ2v) is 18.5. The van der Waals surface area contributed by atoms with Crippen LogP contribution in [0.5, 0.6) is 5.75 Å². The summed E-state index contributed by atoms with van der Waals surface area (Å²) in [4.78, 5) is 139. The van der Waals surface area contributed by atoms with Crippen molar-refractivity contribution in [1.82, 2.24) is 51.3 Å². The third-order valence-corrected chi connectivity index (χ3v) is 13.1. The SMILES string of the molecule is CCCC[C@H](NC(C)=O)C(=O)N1[C@H](C(N)=O)CCCCNC(=O)[C@H](Cc2c[nH]c3ccccc23)NC(=O)[C@@H]2CCCN2C(=O)[C@@H](Cc2ccc(OCC)cc2)NC(=O)[C@H](Cc2cnc[nH]2)NC(=O)[C@@H]1CC(=O)O. The highest BCUT2D eigenvalue weighted by molar-refractivity contribution is 6.00. The van der Waals surface area contributed by atoms with Gasteiger partial charge in [-0.15, -0.1) is 0 Å². The summed E-state index contributed by atoms with van der Waals surface area (Å²) in [5.41, 5.74) is 8.54. The van der Waals surface area contributed by atoms with Gasteiger partial charge in [0.05, 0.1) is 19.4 Å². The van der Waals surface area contributed by atoms with Gasteiger partial charge < -0.3 is 61.9 Å². The average Bonchev–Trinajstić information content (AvgIpc) is 4.16. The lowest BCUT2D eigenvalue weighted by Crippen LogP contribution is -2.64. The Hall–Kier alpha value is -7.78. The smallest absolute Gasteiger partial charge is 0.305 e. The fourth-order valence-electron chi connectivity index (χ4n) is 9.50. The molecule has 22 heteroatoms. The summed E-state index contributed by atoms with van der Waals surface area (Å²) in [7, 11) is 0. The molecule has 0 unspecified atom stereocenters. The van der Waals surface area contributed by atoms with Crippen molar-refractivity contribution in [3.05, 3.63) is 84.1 Å². The van der Waals surface area contributed by atoms with Crippen LogP contribution in [0.3, 0.4) is 0 Å². The van der Waals surface area contributed by atoms with Gasteiger partial charge in [-0.3, -0.25) is 43.2 Å². The zero-order chi connectivity index (χ0) is 52.6. The highest BCUT2D eigenvalue weighted by Crippen LogP contribution is 2.25. The Kier molecular flexibility index (Phi) is 19.5. The van der Waals surface area contributed by atoms with Crippen molar-refractivity contribution in [1.29, 1.82) is 0 Å². The quantitative estimate of drug-likeness (QED) is 0.0767. The number of aromatic amines is 2. The van der Waals surface area contributed by atoms with Crippen molar-refractivity contribution >= 4 is 64.1 Å². The standard InChI is InChI=1S/C51H67N11O11/c1-4-6-13-37(57-30(3)63)51(72)62-41(45(52)66)15-9-10-21-54-46(67)38(24-32-27-55-36-14-8-7-12-35(32)36)58-48(69)42-16-11-22-61(42)50(71)40(23-31-17-19-34(20-18-31)73-5-2)60-47(68)39(25-33-28-53-29-56-33)59-49(70)43(62)26-44(64)65/h7-8,12,14,17-20,27-29,37-43,55H,4-6,9-11,13,15-16,21-26H2,1-3H3,(H2,52,66)(H,53,56)(H,54,67)(H,57,63)(H,58,69)(H,59,70)(H,60,68)(H,64,65)/t37-,38-,39-,40+,41-,42-,43-/m0/s1. The normalized spacial score (nSPS) is 22.2. The number of nitrogens with one attached hydrogen (secondary N) is 7. The monoisotopic (exact) mass is 1010 g/mol. The molecule has 4 aromatic rings. The number of H-pyrrole nitrogens is 2. The molecule has 392 valence electrons. The number of nitrogens with two attached hydrogens (primary N) is 1. The van der Waals surface area contributed by atoms with E-state index in [1.54, 1.807) is 30.5 Å². The third kappa shape index (κ3) is 14.7. The van der Waals surface area contributed by atoms with Gasteiger partial charge in [-0.2, -0.15) is 0 Å². The summed E-state index contributed by atoms with van der Waals surface area (Å²) in [6.07, 6.45) is 5.01. The second-order valence-electron chi connectivity index (χ2n) is 18.5. The van der Waals surface area contributed by atoms with E-state index in [0.29, 0.717) is 42.9 Å². The van der Waals surface area contributed by atoms with Crippen LogP contribution in [0.15, 0.2) is 67.3 Å². The van der Waals surface area contributed by atoms with Crippen LogP contribution in [0, 0.1) is 0 Å². The Labute approximate surface area is 422 Å². The number of hydrogen-bond acceptors (Lipinski definition) is 11. The molecular weight excluding hydrogens is 943 g/mol. The van der Waals surface area contributed by atoms with E-state index in [2.05, 4.69) is 41.5 Å². The molecule has 10 N–H and O–H groups in total. The van der Waals surface area contributed by atoms with Crippen LogP contribution in [0.1, 0.15) is 95.4 Å². The van der Waals surface area contributed by atoms with Gasteiger partial charge in [0, 0.05) is 68.3 Å². The van der Waals surface area contributed by atoms with Crippen LogP contribution in [0.4, 0.5) is 0 Å². The maximum absolute atomic E-state index is 15.0. The number of ether oxygens (including phenoxy) is 1. The molecule has 2 saturated heterocycles. The van der Waals surface area contributed by atoms with Crippen molar-refractivity contribution in [2.75, 3.05) is 19.7 Å². The number of para-hydroxylation sites is 1. The van der Waals surface area contributed by atoms with E-state index in [4.69, 9.17) is 10.5 Å². The number of hydrogen-bond donors (Lipinski definition) is 9. The van der Waals surface area contributed by atoms with E-state index in [9.17, 15) is 48.3 Å². The molecule has 22 nitrogen and oxygen atoms in total. The summed E-state index contributed by atoms with van der Waals surface area (Å²) in [6.45, 7) is 5.43. The highest BCUT2D eigenvalue weighted by atomic mass is 16.5. The maximum atomic E-state index is 15.0. The number of unbranched alkanes of at least 4 members (excludes halogenated alkanes) is 1. The van der Waals surface area contributed by atoms with Gasteiger partial charge in [-0.25, -0.2) is 4.98 Å². The Balaban J connectivity index is 1.45. The van der Waals surface area contributed by atoms with Gasteiger partial charge in [0.2, 0.25) is 47.3 Å². The molecular formula is C51H67N11O11. The van der Waals surface area contributed by atoms with E-state index in [0.717, 1.165) is 21.4 Å². The van der Waals surface area contributed by atoms with Gasteiger partial charge in [-0.1, -0.05) is 50.1 Å². The van der Waals surface area contributed by atoms with Crippen LogP contribution in [-0.4, -0.2) is 145 Å². The van der Waals surface area contributed by atoms with Gasteiger partial charge >= 0.3 is 5.97 Å². The minimum Gasteiger partial charge on any atom is -0.494 e. The lowest BCUT2D eigenvalue weighted by molar-refractivity contribution is -0.154. The fraction of sp³-hybridized carbons (Fsp3) is 0.490. The lowest BCUT2D eigenvalue weighted by atomic mass is 9.98. The topological polar surface area (TPSA) is 320 Å². The van der Waals surface area contributed by atoms with E-state index < -0.39 is 102 Å². The first-order valence-corrected chi connectivity index (χ1v) is 24.9. The summed E-state index contributed by atoms with van der Waals surface area (Å²) in [6, 6.07) is 4.36. The summed E-state index contributed by atoms with van der Waals surface area (Å²) in [5.74, 6) is -7.41. The maximum Gasteiger partial charge on any atom is 0.305 e. The van der Waals surface area contributed by atoms with Crippen LogP contribution in [-0.2, 0) is 62.4 Å². The first kappa shape index (κ1) is 54.6. The Morgan fingerprint density at radius 3 is 2.26 bits per heavy atom. The molecule has 2 aromatic carbocycles. The van der Waals surface area contributed by atoms with Gasteiger partial charge in [0.25, 0.3) is 0 Å². The molecule has 2 aliphatic rings. The molecule has 0 radical (unpaired) electrons. The lowest BCUT2D eigenvalue weighted by Gasteiger charge is -2.38. The second kappa shape index (κ2) is 26.1. The molecule has 0 aliphatic carbocycles. The van der Waals surface area contributed by atoms with E-state index in [1.165, 1.54) is 24.3 Å². The zero-order valence-electron chi connectivity index (χ0n) is 41.4. The van der Waals surface area contributed by atoms with Crippen molar-refractivity contribution < 1.29 is 53.0 Å². The van der Waals surface area contributed by atoms with Crippen molar-refractivity contribution in [2.24, 2.45) is 5.73 Å². The predicted octanol–water partition coefficient (Wildman–Crippen LogP) is 1.28. The molecule has 7 atom stereocenters. The minimum atomic E-state index is -1.97. The number of carboxylic acids is 1. The number of carboxylic acid groups (broad SMARTS) is 1. The fourth-order valence-corrected chi connectivity index (χ4v) is 9.50. The largest absolute Gasteiger partial charge is 0.494 e. The van der Waals surface area contributed by atoms with E-state index in [-0.39, 0.29) is 64.5 Å². The number of benzene rings is 2. The van der Waals surface area contributed by atoms with Gasteiger partial charge in [-0.05, 0) is 74.8 Å². The average molecular weight is 1010 g/mol. The molecule has 0 bridgehead atoms. The zero-order valence-corrected chi connectivity index (χ0v) is 41.4. The number of primary amides is 1. The number of aromatic nitrogens is 3. The van der Waals surface area contributed by atoms with Crippen molar-refractivity contribution in [2.45, 2.75) is 140 Å². The van der Waals surface area contributed by atoms with Crippen molar-refractivity contribution in [3.8, 4) is 5.75 Å². The first-order valence-electron chi connectivity index (χ1n) is 24.9. The number of carbonyl (C=O) groups excluding carboxylic acids is 8. The third-order valence-electron chi connectivity index (χ3n) is 13.1. The van der Waals surface area contributed by atoms with Gasteiger partial charge in [0.1, 0.15) is 48.0 Å². The van der Waals surface area contributed by atoms with Crippen LogP contribution in [0.25, 0.3) is 10.9 Å². The number of rotatable bonds is 16. The molecule has 0 saturated carbocycles. The Morgan fingerprint density at radius 1 is 0.849 bits per heavy atom. The predicted molar refractivity (Wildman–Crippen MR) is 266 cm³/mol. The van der Waals surface area contributed by atoms with Crippen molar-refractivity contribution in [3.63, 3.8) is 0 Å². The number of nitrogens with zero attached hydrogens (tertiary/aromatic N) is 3. The molecule has 6 rings (SSSR count). The summed E-state index contributed by atoms with van der Waals surface area (Å²) >= 11 is 0. The number of carbonyl (C=O) groups is 9. The Bertz CT molecular complexity index is 2580. The molecule has 2 aromatic heterocycles. The summed E-state index contributed by atoms with van der Waals surface area (Å²) in [5, 5.41) is 25.0. The molecule has 4 heterocycles. The Morgan fingerprint density at radius 2 is 1.58 bits per heavy atom. The number of fused-ring (bicyclic) bond motifs is 2. The highest BCUT2D eigenvalue weighted by Gasteiger charge is 2.44. The molecule has 0 spiro atoms. The number of imidazole rings is 1. The number of aliphatic carboxylic acids is 1. The molecule has 2 aliphatic heterocycles. The van der Waals surface area contributed by atoms with Crippen LogP contribution >= 0.6 is 0 Å². The number of amides is 8. The molecule has 8 amide bonds. The van der Waals surface area contributed by atoms with Gasteiger partial charge in [0.15, 0.2) is 0 Å². The van der Waals surface area contributed by atoms with Crippen LogP contribution < -0.4 is 37.1 Å².